The van der Waals surface area contributed by atoms with E-state index in [2.05, 4.69) is 42.5 Å². The highest BCUT2D eigenvalue weighted by Crippen LogP contribution is 2.19. The topological polar surface area (TPSA) is 20.2 Å². The average molecular weight is 200 g/mol. The molecule has 1 N–H and O–H groups in total. The van der Waals surface area contributed by atoms with Gasteiger partial charge < -0.3 is 5.11 Å². The fourth-order valence-corrected chi connectivity index (χ4v) is 1.87. The van der Waals surface area contributed by atoms with Crippen molar-refractivity contribution >= 4 is 10.8 Å². The third-order valence-electron chi connectivity index (χ3n) is 2.71. The Balaban J connectivity index is 2.34. The number of aryl methyl sites for hydroxylation is 1. The van der Waals surface area contributed by atoms with E-state index in [1.54, 1.807) is 0 Å². The van der Waals surface area contributed by atoms with E-state index in [0.29, 0.717) is 0 Å². The van der Waals surface area contributed by atoms with Gasteiger partial charge >= 0.3 is 0 Å². The summed E-state index contributed by atoms with van der Waals surface area (Å²) >= 11 is 0. The van der Waals surface area contributed by atoms with Crippen molar-refractivity contribution in [3.05, 3.63) is 48.0 Å². The van der Waals surface area contributed by atoms with Crippen LogP contribution in [0.1, 0.15) is 18.9 Å². The highest BCUT2D eigenvalue weighted by molar-refractivity contribution is 5.85. The molecule has 0 bridgehead atoms. The van der Waals surface area contributed by atoms with Crippen molar-refractivity contribution in [1.29, 1.82) is 0 Å². The van der Waals surface area contributed by atoms with Crippen molar-refractivity contribution in [3.63, 3.8) is 0 Å². The maximum absolute atomic E-state index is 9.29. The molecule has 0 spiro atoms. The summed E-state index contributed by atoms with van der Waals surface area (Å²) in [7, 11) is 0. The summed E-state index contributed by atoms with van der Waals surface area (Å²) in [6, 6.07) is 14.7. The second-order valence-corrected chi connectivity index (χ2v) is 4.03. The van der Waals surface area contributed by atoms with Gasteiger partial charge in [-0.05, 0) is 36.1 Å². The molecule has 1 nitrogen and oxygen atoms in total. The van der Waals surface area contributed by atoms with Crippen LogP contribution in [0.2, 0.25) is 0 Å². The predicted octanol–water partition coefficient (Wildman–Crippen LogP) is 3.15. The SMILES string of the molecule is C[C@H](O)CCc1cccc2ccccc12. The summed E-state index contributed by atoms with van der Waals surface area (Å²) in [4.78, 5) is 0. The van der Waals surface area contributed by atoms with Gasteiger partial charge in [-0.15, -0.1) is 0 Å². The molecule has 2 aromatic carbocycles. The largest absolute Gasteiger partial charge is 0.393 e. The van der Waals surface area contributed by atoms with Crippen LogP contribution in [-0.4, -0.2) is 11.2 Å². The lowest BCUT2D eigenvalue weighted by Crippen LogP contribution is -2.01. The summed E-state index contributed by atoms with van der Waals surface area (Å²) in [6.45, 7) is 1.84. The molecule has 0 saturated carbocycles. The molecular weight excluding hydrogens is 184 g/mol. The highest BCUT2D eigenvalue weighted by atomic mass is 16.3. The van der Waals surface area contributed by atoms with Crippen molar-refractivity contribution in [2.75, 3.05) is 0 Å². The first-order chi connectivity index (χ1) is 7.27. The molecule has 78 valence electrons. The van der Waals surface area contributed by atoms with E-state index in [4.69, 9.17) is 0 Å². The summed E-state index contributed by atoms with van der Waals surface area (Å²) in [5.41, 5.74) is 1.33. The van der Waals surface area contributed by atoms with Crippen molar-refractivity contribution < 1.29 is 5.11 Å². The molecule has 1 atom stereocenters. The molecule has 0 aliphatic carbocycles. The molecule has 0 unspecified atom stereocenters. The Bertz CT molecular complexity index is 441. The number of hydrogen-bond acceptors (Lipinski definition) is 1. The molecule has 0 aromatic heterocycles. The lowest BCUT2D eigenvalue weighted by Gasteiger charge is -2.07. The Hall–Kier alpha value is -1.34. The first-order valence-electron chi connectivity index (χ1n) is 5.42. The molecule has 0 radical (unpaired) electrons. The summed E-state index contributed by atoms with van der Waals surface area (Å²) < 4.78 is 0. The zero-order valence-corrected chi connectivity index (χ0v) is 8.98. The van der Waals surface area contributed by atoms with Gasteiger partial charge in [0.2, 0.25) is 0 Å². The molecule has 15 heavy (non-hydrogen) atoms. The fourth-order valence-electron chi connectivity index (χ4n) is 1.87. The van der Waals surface area contributed by atoms with Gasteiger partial charge in [0.25, 0.3) is 0 Å². The second-order valence-electron chi connectivity index (χ2n) is 4.03. The smallest absolute Gasteiger partial charge is 0.0515 e. The number of aliphatic hydroxyl groups is 1. The van der Waals surface area contributed by atoms with Crippen molar-refractivity contribution in [2.24, 2.45) is 0 Å². The van der Waals surface area contributed by atoms with E-state index in [9.17, 15) is 5.11 Å². The molecule has 0 heterocycles. The normalized spacial score (nSPS) is 12.9. The van der Waals surface area contributed by atoms with E-state index in [-0.39, 0.29) is 6.10 Å². The Kier molecular flexibility index (Phi) is 3.02. The quantitative estimate of drug-likeness (QED) is 0.807. The maximum atomic E-state index is 9.29. The maximum Gasteiger partial charge on any atom is 0.0515 e. The lowest BCUT2D eigenvalue weighted by atomic mass is 10.00. The predicted molar refractivity (Wildman–Crippen MR) is 63.9 cm³/mol. The molecule has 0 fully saturated rings. The molecule has 1 heteroatoms. The number of hydrogen-bond donors (Lipinski definition) is 1. The van der Waals surface area contributed by atoms with E-state index >= 15 is 0 Å². The molecule has 2 rings (SSSR count). The van der Waals surface area contributed by atoms with Gasteiger partial charge in [-0.3, -0.25) is 0 Å². The third kappa shape index (κ3) is 2.37. The van der Waals surface area contributed by atoms with Crippen LogP contribution >= 0.6 is 0 Å². The minimum absolute atomic E-state index is 0.219. The molecule has 0 amide bonds. The summed E-state index contributed by atoms with van der Waals surface area (Å²) in [6.07, 6.45) is 1.55. The Labute approximate surface area is 90.4 Å². The van der Waals surface area contributed by atoms with Gasteiger partial charge in [-0.1, -0.05) is 42.5 Å². The minimum atomic E-state index is -0.219. The monoisotopic (exact) mass is 200 g/mol. The van der Waals surface area contributed by atoms with Crippen LogP contribution in [0.15, 0.2) is 42.5 Å². The molecule has 0 aliphatic heterocycles. The molecular formula is C14H16O. The number of fused-ring (bicyclic) bond motifs is 1. The van der Waals surface area contributed by atoms with E-state index in [0.717, 1.165) is 12.8 Å². The third-order valence-corrected chi connectivity index (χ3v) is 2.71. The first kappa shape index (κ1) is 10.2. The molecule has 0 aliphatic rings. The van der Waals surface area contributed by atoms with E-state index in [1.165, 1.54) is 16.3 Å². The van der Waals surface area contributed by atoms with Gasteiger partial charge in [-0.2, -0.15) is 0 Å². The van der Waals surface area contributed by atoms with Crippen LogP contribution in [0, 0.1) is 0 Å². The number of rotatable bonds is 3. The number of aliphatic hydroxyl groups excluding tert-OH is 1. The summed E-state index contributed by atoms with van der Waals surface area (Å²) in [5.74, 6) is 0. The fraction of sp³-hybridized carbons (Fsp3) is 0.286. The molecule has 0 saturated heterocycles. The average Bonchev–Trinajstić information content (AvgIpc) is 2.26. The highest BCUT2D eigenvalue weighted by Gasteiger charge is 2.01. The van der Waals surface area contributed by atoms with Crippen LogP contribution in [0.4, 0.5) is 0 Å². The minimum Gasteiger partial charge on any atom is -0.393 e. The van der Waals surface area contributed by atoms with Gasteiger partial charge in [0.05, 0.1) is 6.10 Å². The standard InChI is InChI=1S/C14H16O/c1-11(15)9-10-13-7-4-6-12-5-2-3-8-14(12)13/h2-8,11,15H,9-10H2,1H3/t11-/m0/s1. The lowest BCUT2D eigenvalue weighted by molar-refractivity contribution is 0.185. The Morgan fingerprint density at radius 2 is 1.80 bits per heavy atom. The van der Waals surface area contributed by atoms with E-state index < -0.39 is 0 Å². The van der Waals surface area contributed by atoms with Gasteiger partial charge in [0, 0.05) is 0 Å². The van der Waals surface area contributed by atoms with Crippen LogP contribution in [0.25, 0.3) is 10.8 Å². The van der Waals surface area contributed by atoms with Crippen LogP contribution in [0.3, 0.4) is 0 Å². The van der Waals surface area contributed by atoms with Crippen LogP contribution in [-0.2, 0) is 6.42 Å². The second kappa shape index (κ2) is 4.45. The van der Waals surface area contributed by atoms with Gasteiger partial charge in [0.1, 0.15) is 0 Å². The van der Waals surface area contributed by atoms with Crippen molar-refractivity contribution in [1.82, 2.24) is 0 Å². The zero-order chi connectivity index (χ0) is 10.7. The molecule has 2 aromatic rings. The van der Waals surface area contributed by atoms with Gasteiger partial charge in [-0.25, -0.2) is 0 Å². The Morgan fingerprint density at radius 1 is 1.07 bits per heavy atom. The zero-order valence-electron chi connectivity index (χ0n) is 8.98. The van der Waals surface area contributed by atoms with Crippen molar-refractivity contribution in [3.8, 4) is 0 Å². The van der Waals surface area contributed by atoms with Crippen molar-refractivity contribution in [2.45, 2.75) is 25.9 Å². The van der Waals surface area contributed by atoms with E-state index in [1.807, 2.05) is 6.92 Å². The number of benzene rings is 2. The first-order valence-corrected chi connectivity index (χ1v) is 5.42. The Morgan fingerprint density at radius 3 is 2.60 bits per heavy atom. The van der Waals surface area contributed by atoms with Gasteiger partial charge in [0.15, 0.2) is 0 Å². The summed E-state index contributed by atoms with van der Waals surface area (Å²) in [5, 5.41) is 11.9. The van der Waals surface area contributed by atoms with Crippen LogP contribution < -0.4 is 0 Å². The van der Waals surface area contributed by atoms with Crippen LogP contribution in [0.5, 0.6) is 0 Å².